The molecule has 0 spiro atoms. The molecule has 0 radical (unpaired) electrons. The number of aliphatic hydroxyl groups excluding tert-OH is 1. The van der Waals surface area contributed by atoms with Gasteiger partial charge in [0.25, 0.3) is 0 Å². The Morgan fingerprint density at radius 3 is 2.56 bits per heavy atom. The van der Waals surface area contributed by atoms with Gasteiger partial charge in [0.15, 0.2) is 0 Å². The minimum atomic E-state index is -0.576. The molecule has 0 bridgehead atoms. The number of nitrogens with zero attached hydrogens (tertiary/aromatic N) is 2. The number of hydrogen-bond donors (Lipinski definition) is 1. The highest BCUT2D eigenvalue weighted by Gasteiger charge is 2.19. The molecule has 4 heteroatoms. The third kappa shape index (κ3) is 2.65. The quantitative estimate of drug-likeness (QED) is 0.943. The third-order valence-corrected chi connectivity index (χ3v) is 3.91. The molecule has 0 aliphatic heterocycles. The van der Waals surface area contributed by atoms with E-state index in [9.17, 15) is 5.11 Å². The highest BCUT2D eigenvalue weighted by molar-refractivity contribution is 9.10. The predicted molar refractivity (Wildman–Crippen MR) is 75.4 cm³/mol. The van der Waals surface area contributed by atoms with Crippen molar-refractivity contribution in [3.63, 3.8) is 0 Å². The molecule has 3 nitrogen and oxygen atoms in total. The highest BCUT2D eigenvalue weighted by atomic mass is 79.9. The minimum Gasteiger partial charge on any atom is -0.386 e. The van der Waals surface area contributed by atoms with E-state index in [1.165, 1.54) is 0 Å². The average Bonchev–Trinajstić information content (AvgIpc) is 2.65. The lowest BCUT2D eigenvalue weighted by Gasteiger charge is -2.08. The zero-order valence-electron chi connectivity index (χ0n) is 10.6. The van der Waals surface area contributed by atoms with Gasteiger partial charge in [0.1, 0.15) is 11.8 Å². The maximum absolute atomic E-state index is 10.3. The summed E-state index contributed by atoms with van der Waals surface area (Å²) < 4.78 is 2.75. The van der Waals surface area contributed by atoms with E-state index >= 15 is 0 Å². The predicted octanol–water partition coefficient (Wildman–Crippen LogP) is 3.02. The zero-order chi connectivity index (χ0) is 13.1. The number of aryl methyl sites for hydroxylation is 1. The molecule has 1 unspecified atom stereocenters. The number of aliphatic hydroxyl groups is 1. The summed E-state index contributed by atoms with van der Waals surface area (Å²) in [5.74, 6) is 0. The molecule has 0 amide bonds. The molecule has 0 saturated heterocycles. The van der Waals surface area contributed by atoms with Gasteiger partial charge in [-0.25, -0.2) is 0 Å². The van der Waals surface area contributed by atoms with Crippen LogP contribution in [-0.2, 0) is 19.9 Å². The van der Waals surface area contributed by atoms with Crippen molar-refractivity contribution < 1.29 is 5.11 Å². The first kappa shape index (κ1) is 13.3. The van der Waals surface area contributed by atoms with Crippen LogP contribution >= 0.6 is 15.9 Å². The zero-order valence-corrected chi connectivity index (χ0v) is 12.2. The van der Waals surface area contributed by atoms with Crippen LogP contribution in [0.2, 0.25) is 0 Å². The smallest absolute Gasteiger partial charge is 0.106 e. The van der Waals surface area contributed by atoms with Crippen LogP contribution in [-0.4, -0.2) is 14.9 Å². The topological polar surface area (TPSA) is 38.1 Å². The van der Waals surface area contributed by atoms with E-state index < -0.39 is 6.10 Å². The van der Waals surface area contributed by atoms with Crippen LogP contribution in [0.4, 0.5) is 0 Å². The van der Waals surface area contributed by atoms with E-state index in [2.05, 4.69) is 28.0 Å². The maximum atomic E-state index is 10.3. The van der Waals surface area contributed by atoms with Gasteiger partial charge >= 0.3 is 0 Å². The third-order valence-electron chi connectivity index (χ3n) is 3.05. The fraction of sp³-hybridized carbons (Fsp3) is 0.357. The maximum Gasteiger partial charge on any atom is 0.106 e. The molecule has 2 aromatic rings. The van der Waals surface area contributed by atoms with E-state index in [0.717, 1.165) is 27.8 Å². The lowest BCUT2D eigenvalue weighted by molar-refractivity contribution is 0.172. The van der Waals surface area contributed by atoms with Crippen LogP contribution in [0.15, 0.2) is 34.8 Å². The Labute approximate surface area is 116 Å². The lowest BCUT2D eigenvalue weighted by atomic mass is 10.1. The molecule has 1 N–H and O–H groups in total. The van der Waals surface area contributed by atoms with E-state index in [0.29, 0.717) is 6.42 Å². The summed E-state index contributed by atoms with van der Waals surface area (Å²) in [6, 6.07) is 9.96. The molecular formula is C14H17BrN2O. The summed E-state index contributed by atoms with van der Waals surface area (Å²) in [5.41, 5.74) is 2.94. The van der Waals surface area contributed by atoms with Crippen LogP contribution < -0.4 is 0 Å². The van der Waals surface area contributed by atoms with Crippen LogP contribution in [0, 0.1) is 0 Å². The first-order chi connectivity index (χ1) is 8.63. The molecule has 1 aromatic carbocycles. The van der Waals surface area contributed by atoms with Crippen LogP contribution in [0.5, 0.6) is 0 Å². The van der Waals surface area contributed by atoms with Gasteiger partial charge in [-0.05, 0) is 27.9 Å². The second-order valence-electron chi connectivity index (χ2n) is 4.33. The largest absolute Gasteiger partial charge is 0.386 e. The van der Waals surface area contributed by atoms with E-state index in [-0.39, 0.29) is 0 Å². The van der Waals surface area contributed by atoms with Crippen molar-refractivity contribution in [1.29, 1.82) is 0 Å². The monoisotopic (exact) mass is 308 g/mol. The molecular weight excluding hydrogens is 292 g/mol. The molecule has 1 heterocycles. The van der Waals surface area contributed by atoms with E-state index in [1.54, 1.807) is 0 Å². The Morgan fingerprint density at radius 2 is 2.00 bits per heavy atom. The normalized spacial score (nSPS) is 12.7. The van der Waals surface area contributed by atoms with Crippen molar-refractivity contribution in [2.75, 3.05) is 0 Å². The number of halogens is 1. The highest BCUT2D eigenvalue weighted by Crippen LogP contribution is 2.28. The van der Waals surface area contributed by atoms with Gasteiger partial charge in [-0.2, -0.15) is 5.10 Å². The van der Waals surface area contributed by atoms with E-state index in [4.69, 9.17) is 0 Å². The fourth-order valence-corrected chi connectivity index (χ4v) is 2.97. The van der Waals surface area contributed by atoms with E-state index in [1.807, 2.05) is 42.1 Å². The Hall–Kier alpha value is -1.13. The van der Waals surface area contributed by atoms with Gasteiger partial charge in [0, 0.05) is 13.5 Å². The Balaban J connectivity index is 2.22. The second-order valence-corrected chi connectivity index (χ2v) is 5.12. The number of hydrogen-bond acceptors (Lipinski definition) is 2. The van der Waals surface area contributed by atoms with Crippen molar-refractivity contribution in [2.24, 2.45) is 7.05 Å². The van der Waals surface area contributed by atoms with Crippen molar-refractivity contribution >= 4 is 15.9 Å². The number of aromatic nitrogens is 2. The Morgan fingerprint density at radius 1 is 1.33 bits per heavy atom. The molecule has 1 aromatic heterocycles. The molecule has 2 rings (SSSR count). The molecule has 18 heavy (non-hydrogen) atoms. The molecule has 96 valence electrons. The lowest BCUT2D eigenvalue weighted by Crippen LogP contribution is -2.04. The van der Waals surface area contributed by atoms with Crippen LogP contribution in [0.1, 0.15) is 30.0 Å². The minimum absolute atomic E-state index is 0.576. The van der Waals surface area contributed by atoms with Gasteiger partial charge in [-0.3, -0.25) is 4.68 Å². The second kappa shape index (κ2) is 5.67. The number of rotatable bonds is 4. The summed E-state index contributed by atoms with van der Waals surface area (Å²) in [6.07, 6.45) is 0.898. The molecule has 1 atom stereocenters. The summed E-state index contributed by atoms with van der Waals surface area (Å²) in [5, 5.41) is 14.7. The molecule has 0 aliphatic carbocycles. The summed E-state index contributed by atoms with van der Waals surface area (Å²) >= 11 is 3.53. The standard InChI is InChI=1S/C14H17BrN2O/c1-3-11-13(15)14(16-17(11)2)12(18)9-10-7-5-4-6-8-10/h4-8,12,18H,3,9H2,1-2H3. The van der Waals surface area contributed by atoms with Crippen molar-refractivity contribution in [2.45, 2.75) is 25.9 Å². The Bertz CT molecular complexity index is 522. The number of benzene rings is 1. The first-order valence-corrected chi connectivity index (χ1v) is 6.86. The molecule has 0 saturated carbocycles. The van der Waals surface area contributed by atoms with Crippen molar-refractivity contribution in [3.05, 3.63) is 51.8 Å². The molecule has 0 fully saturated rings. The van der Waals surface area contributed by atoms with Crippen molar-refractivity contribution in [3.8, 4) is 0 Å². The fourth-order valence-electron chi connectivity index (χ4n) is 2.09. The van der Waals surface area contributed by atoms with Gasteiger partial charge in [0.05, 0.1) is 10.2 Å². The summed E-state index contributed by atoms with van der Waals surface area (Å²) in [7, 11) is 1.91. The SMILES string of the molecule is CCc1c(Br)c(C(O)Cc2ccccc2)nn1C. The Kier molecular flexibility index (Phi) is 4.19. The van der Waals surface area contributed by atoms with Gasteiger partial charge in [0.2, 0.25) is 0 Å². The van der Waals surface area contributed by atoms with Gasteiger partial charge in [-0.15, -0.1) is 0 Å². The van der Waals surface area contributed by atoms with Crippen LogP contribution in [0.25, 0.3) is 0 Å². The summed E-state index contributed by atoms with van der Waals surface area (Å²) in [6.45, 7) is 2.08. The van der Waals surface area contributed by atoms with Crippen molar-refractivity contribution in [1.82, 2.24) is 9.78 Å². The molecule has 0 aliphatic rings. The van der Waals surface area contributed by atoms with Crippen LogP contribution in [0.3, 0.4) is 0 Å². The average molecular weight is 309 g/mol. The first-order valence-electron chi connectivity index (χ1n) is 6.06. The van der Waals surface area contributed by atoms with Gasteiger partial charge in [-0.1, -0.05) is 37.3 Å². The van der Waals surface area contributed by atoms with Gasteiger partial charge < -0.3 is 5.11 Å². The summed E-state index contributed by atoms with van der Waals surface area (Å²) in [4.78, 5) is 0.